The highest BCUT2D eigenvalue weighted by atomic mass is 32.2. The second-order valence-corrected chi connectivity index (χ2v) is 5.16. The number of rotatable bonds is 12. The second kappa shape index (κ2) is 12.6. The third kappa shape index (κ3) is 12.4. The summed E-state index contributed by atoms with van der Waals surface area (Å²) in [6.45, 7) is 0.887. The zero-order valence-electron chi connectivity index (χ0n) is 11.4. The molecule has 114 valence electrons. The summed E-state index contributed by atoms with van der Waals surface area (Å²) < 4.78 is 0. The van der Waals surface area contributed by atoms with E-state index in [9.17, 15) is 4.79 Å². The molecule has 8 heteroatoms. The SMILES string of the molecule is CSCCC(N)C(=O)NCCCCCCON(O)O. The Balaban J connectivity index is 3.31. The van der Waals surface area contributed by atoms with Crippen LogP contribution in [0.3, 0.4) is 0 Å². The number of carbonyl (C=O) groups excluding carboxylic acids is 1. The van der Waals surface area contributed by atoms with Gasteiger partial charge in [0.2, 0.25) is 5.91 Å². The van der Waals surface area contributed by atoms with Gasteiger partial charge in [-0.3, -0.25) is 20.0 Å². The van der Waals surface area contributed by atoms with Gasteiger partial charge in [-0.25, -0.2) is 0 Å². The van der Waals surface area contributed by atoms with E-state index in [0.717, 1.165) is 31.4 Å². The Labute approximate surface area is 118 Å². The number of thioether (sulfide) groups is 1. The average Bonchev–Trinajstić information content (AvgIpc) is 2.38. The van der Waals surface area contributed by atoms with Crippen molar-refractivity contribution in [2.24, 2.45) is 5.73 Å². The fourth-order valence-corrected chi connectivity index (χ4v) is 1.94. The fourth-order valence-electron chi connectivity index (χ4n) is 1.45. The number of nitrogens with zero attached hydrogens (tertiary/aromatic N) is 1. The van der Waals surface area contributed by atoms with Gasteiger partial charge in [0.1, 0.15) is 0 Å². The van der Waals surface area contributed by atoms with Crippen molar-refractivity contribution in [1.29, 1.82) is 0 Å². The Bertz CT molecular complexity index is 232. The summed E-state index contributed by atoms with van der Waals surface area (Å²) in [6, 6.07) is -0.416. The van der Waals surface area contributed by atoms with E-state index >= 15 is 0 Å². The van der Waals surface area contributed by atoms with Gasteiger partial charge in [-0.15, -0.1) is 0 Å². The number of hydrogen-bond donors (Lipinski definition) is 4. The number of nitrogens with two attached hydrogens (primary N) is 1. The zero-order valence-corrected chi connectivity index (χ0v) is 12.2. The molecule has 0 rings (SSSR count). The molecule has 1 atom stereocenters. The van der Waals surface area contributed by atoms with Gasteiger partial charge < -0.3 is 11.1 Å². The van der Waals surface area contributed by atoms with E-state index in [0.29, 0.717) is 13.0 Å². The van der Waals surface area contributed by atoms with E-state index in [-0.39, 0.29) is 17.9 Å². The van der Waals surface area contributed by atoms with E-state index < -0.39 is 6.04 Å². The van der Waals surface area contributed by atoms with Crippen molar-refractivity contribution in [2.45, 2.75) is 38.1 Å². The van der Waals surface area contributed by atoms with Gasteiger partial charge in [-0.1, -0.05) is 12.8 Å². The molecule has 0 fully saturated rings. The number of carbonyl (C=O) groups is 1. The van der Waals surface area contributed by atoms with Crippen molar-refractivity contribution in [3.63, 3.8) is 0 Å². The molecule has 1 unspecified atom stereocenters. The highest BCUT2D eigenvalue weighted by Gasteiger charge is 2.11. The van der Waals surface area contributed by atoms with Crippen LogP contribution < -0.4 is 11.1 Å². The summed E-state index contributed by atoms with van der Waals surface area (Å²) in [4.78, 5) is 15.9. The Hall–Kier alpha value is -0.380. The quantitative estimate of drug-likeness (QED) is 0.311. The van der Waals surface area contributed by atoms with Crippen LogP contribution in [0.4, 0.5) is 0 Å². The minimum Gasteiger partial charge on any atom is -0.355 e. The molecule has 0 saturated carbocycles. The molecule has 0 aromatic heterocycles. The largest absolute Gasteiger partial charge is 0.355 e. The molecule has 0 radical (unpaired) electrons. The minimum absolute atomic E-state index is 0.0893. The predicted molar refractivity (Wildman–Crippen MR) is 73.8 cm³/mol. The highest BCUT2D eigenvalue weighted by molar-refractivity contribution is 7.98. The zero-order chi connectivity index (χ0) is 14.5. The molecule has 0 aliphatic carbocycles. The van der Waals surface area contributed by atoms with Gasteiger partial charge in [0, 0.05) is 6.54 Å². The minimum atomic E-state index is -0.416. The van der Waals surface area contributed by atoms with Gasteiger partial charge in [0.15, 0.2) is 0 Å². The highest BCUT2D eigenvalue weighted by Crippen LogP contribution is 2.01. The molecule has 0 aliphatic rings. The second-order valence-electron chi connectivity index (χ2n) is 4.18. The molecule has 0 spiro atoms. The lowest BCUT2D eigenvalue weighted by atomic mass is 10.2. The third-order valence-corrected chi connectivity index (χ3v) is 3.19. The van der Waals surface area contributed by atoms with E-state index in [2.05, 4.69) is 10.2 Å². The smallest absolute Gasteiger partial charge is 0.236 e. The van der Waals surface area contributed by atoms with E-state index in [1.807, 2.05) is 6.26 Å². The van der Waals surface area contributed by atoms with Crippen molar-refractivity contribution < 1.29 is 20.0 Å². The molecular weight excluding hydrogens is 270 g/mol. The Morgan fingerprint density at radius 2 is 2.05 bits per heavy atom. The molecule has 7 nitrogen and oxygen atoms in total. The van der Waals surface area contributed by atoms with E-state index in [1.54, 1.807) is 11.8 Å². The van der Waals surface area contributed by atoms with E-state index in [4.69, 9.17) is 16.1 Å². The van der Waals surface area contributed by atoms with Crippen molar-refractivity contribution in [2.75, 3.05) is 25.2 Å². The molecule has 0 bridgehead atoms. The van der Waals surface area contributed by atoms with Crippen molar-refractivity contribution >= 4 is 17.7 Å². The van der Waals surface area contributed by atoms with E-state index in [1.165, 1.54) is 0 Å². The monoisotopic (exact) mass is 295 g/mol. The summed E-state index contributed by atoms with van der Waals surface area (Å²) in [5, 5.41) is 19.1. The van der Waals surface area contributed by atoms with Crippen LogP contribution in [0, 0.1) is 0 Å². The Morgan fingerprint density at radius 3 is 2.68 bits per heavy atom. The normalized spacial score (nSPS) is 12.7. The number of nitrogens with one attached hydrogen (secondary N) is 1. The molecule has 0 saturated heterocycles. The van der Waals surface area contributed by atoms with Crippen LogP contribution in [0.2, 0.25) is 0 Å². The first kappa shape index (κ1) is 18.6. The standard InChI is InChI=1S/C11H25N3O4S/c1-19-9-6-10(12)11(15)13-7-4-2-3-5-8-18-14(16)17/h10,16-17H,2-9,12H2,1H3,(H,13,15). The molecule has 0 aromatic carbocycles. The topological polar surface area (TPSA) is 108 Å². The van der Waals surface area contributed by atoms with Crippen LogP contribution in [0.1, 0.15) is 32.1 Å². The lowest BCUT2D eigenvalue weighted by Gasteiger charge is -2.11. The summed E-state index contributed by atoms with van der Waals surface area (Å²) in [5.41, 5.74) is 5.72. The molecule has 0 aliphatic heterocycles. The van der Waals surface area contributed by atoms with Crippen LogP contribution in [-0.4, -0.2) is 52.9 Å². The molecular formula is C11H25N3O4S. The first-order valence-corrected chi connectivity index (χ1v) is 7.80. The molecule has 5 N–H and O–H groups in total. The Morgan fingerprint density at radius 1 is 1.37 bits per heavy atom. The van der Waals surface area contributed by atoms with Crippen LogP contribution in [0.15, 0.2) is 0 Å². The van der Waals surface area contributed by atoms with Crippen LogP contribution in [0.5, 0.6) is 0 Å². The van der Waals surface area contributed by atoms with Crippen LogP contribution in [0.25, 0.3) is 0 Å². The van der Waals surface area contributed by atoms with Gasteiger partial charge in [0.25, 0.3) is 0 Å². The number of unbranched alkanes of at least 4 members (excludes halogenated alkanes) is 3. The summed E-state index contributed by atoms with van der Waals surface area (Å²) >= 11 is 1.68. The lowest BCUT2D eigenvalue weighted by molar-refractivity contribution is -0.492. The van der Waals surface area contributed by atoms with Gasteiger partial charge >= 0.3 is 0 Å². The summed E-state index contributed by atoms with van der Waals surface area (Å²) in [7, 11) is 0. The molecule has 0 heterocycles. The van der Waals surface area contributed by atoms with Gasteiger partial charge in [-0.05, 0) is 31.3 Å². The molecule has 1 amide bonds. The molecule has 0 aromatic rings. The van der Waals surface area contributed by atoms with Crippen LogP contribution in [-0.2, 0) is 9.63 Å². The van der Waals surface area contributed by atoms with Crippen LogP contribution >= 0.6 is 11.8 Å². The first-order valence-electron chi connectivity index (χ1n) is 6.41. The van der Waals surface area contributed by atoms with Crippen molar-refractivity contribution in [1.82, 2.24) is 10.7 Å². The maximum Gasteiger partial charge on any atom is 0.236 e. The summed E-state index contributed by atoms with van der Waals surface area (Å²) in [6.07, 6.45) is 6.15. The predicted octanol–water partition coefficient (Wildman–Crippen LogP) is 0.755. The number of hydrogen-bond acceptors (Lipinski definition) is 7. The average molecular weight is 295 g/mol. The maximum atomic E-state index is 11.5. The van der Waals surface area contributed by atoms with Gasteiger partial charge in [-0.2, -0.15) is 11.8 Å². The Kier molecular flexibility index (Phi) is 12.4. The fraction of sp³-hybridized carbons (Fsp3) is 0.909. The first-order chi connectivity index (χ1) is 9.07. The van der Waals surface area contributed by atoms with Crippen molar-refractivity contribution in [3.8, 4) is 0 Å². The maximum absolute atomic E-state index is 11.5. The lowest BCUT2D eigenvalue weighted by Crippen LogP contribution is -2.41. The summed E-state index contributed by atoms with van der Waals surface area (Å²) in [5.74, 6) is 0.801. The number of amides is 1. The van der Waals surface area contributed by atoms with Gasteiger partial charge in [0.05, 0.1) is 18.0 Å². The molecule has 19 heavy (non-hydrogen) atoms. The van der Waals surface area contributed by atoms with Crippen molar-refractivity contribution in [3.05, 3.63) is 0 Å². The third-order valence-electron chi connectivity index (χ3n) is 2.55.